The van der Waals surface area contributed by atoms with Crippen LogP contribution in [0.5, 0.6) is 0 Å². The van der Waals surface area contributed by atoms with E-state index in [1.54, 1.807) is 40.7 Å². The first-order valence-corrected chi connectivity index (χ1v) is 9.90. The van der Waals surface area contributed by atoms with E-state index in [4.69, 9.17) is 4.42 Å². The molecule has 0 spiro atoms. The van der Waals surface area contributed by atoms with E-state index in [0.29, 0.717) is 0 Å². The number of hydrogen-bond acceptors (Lipinski definition) is 7. The molecule has 8 heteroatoms. The average Bonchev–Trinajstić information content (AvgIpc) is 3.36. The fraction of sp³-hybridized carbons (Fsp3) is 0.0625. The highest BCUT2D eigenvalue weighted by Gasteiger charge is 2.14. The van der Waals surface area contributed by atoms with Crippen LogP contribution in [0.15, 0.2) is 57.6 Å². The Hall–Kier alpha value is -2.16. The predicted molar refractivity (Wildman–Crippen MR) is 97.7 cm³/mol. The molecule has 24 heavy (non-hydrogen) atoms. The molecule has 0 radical (unpaired) electrons. The quantitative estimate of drug-likeness (QED) is 0.419. The molecule has 0 fully saturated rings. The normalized spacial score (nSPS) is 11.7. The predicted octanol–water partition coefficient (Wildman–Crippen LogP) is 4.95. The van der Waals surface area contributed by atoms with Gasteiger partial charge in [-0.3, -0.25) is 4.40 Å². The molecular formula is C16H10N4OS3. The Labute approximate surface area is 149 Å². The highest BCUT2D eigenvalue weighted by Crippen LogP contribution is 2.32. The van der Waals surface area contributed by atoms with Crippen LogP contribution in [0.2, 0.25) is 0 Å². The zero-order chi connectivity index (χ0) is 15.9. The lowest BCUT2D eigenvalue weighted by atomic mass is 10.3. The van der Waals surface area contributed by atoms with Gasteiger partial charge in [-0.2, -0.15) is 0 Å². The Kier molecular flexibility index (Phi) is 3.39. The summed E-state index contributed by atoms with van der Waals surface area (Å²) in [5.74, 6) is 1.56. The first-order chi connectivity index (χ1) is 11.9. The van der Waals surface area contributed by atoms with Crippen molar-refractivity contribution in [1.82, 2.24) is 19.6 Å². The van der Waals surface area contributed by atoms with Crippen LogP contribution in [0, 0.1) is 0 Å². The standard InChI is InChI=1S/C16H10N4OS3/c1-2-6-13-11(4-1)20-15(18-19-16(20)24-13)23-9-10-8-22-14(17-10)12-5-3-7-21-12/h1-8H,9H2. The van der Waals surface area contributed by atoms with Gasteiger partial charge in [0.25, 0.3) is 0 Å². The number of rotatable bonds is 4. The van der Waals surface area contributed by atoms with Gasteiger partial charge in [0.1, 0.15) is 0 Å². The Morgan fingerprint density at radius 2 is 2.08 bits per heavy atom. The Bertz CT molecular complexity index is 1120. The number of hydrogen-bond donors (Lipinski definition) is 0. The van der Waals surface area contributed by atoms with Crippen LogP contribution in [0.1, 0.15) is 5.69 Å². The molecule has 0 unspecified atom stereocenters. The second-order valence-electron chi connectivity index (χ2n) is 5.08. The maximum absolute atomic E-state index is 5.39. The van der Waals surface area contributed by atoms with Crippen LogP contribution in [-0.4, -0.2) is 19.6 Å². The van der Waals surface area contributed by atoms with Gasteiger partial charge in [-0.25, -0.2) is 4.98 Å². The summed E-state index contributed by atoms with van der Waals surface area (Å²) in [5.41, 5.74) is 2.17. The Morgan fingerprint density at radius 3 is 3.00 bits per heavy atom. The van der Waals surface area contributed by atoms with Gasteiger partial charge in [-0.15, -0.1) is 21.5 Å². The number of fused-ring (bicyclic) bond motifs is 3. The molecule has 0 aliphatic carbocycles. The van der Waals surface area contributed by atoms with Crippen LogP contribution >= 0.6 is 34.4 Å². The van der Waals surface area contributed by atoms with Gasteiger partial charge in [-0.1, -0.05) is 35.2 Å². The monoisotopic (exact) mass is 370 g/mol. The molecule has 0 amide bonds. The van der Waals surface area contributed by atoms with Gasteiger partial charge in [0.05, 0.1) is 22.2 Å². The van der Waals surface area contributed by atoms with Crippen molar-refractivity contribution in [2.45, 2.75) is 10.9 Å². The molecule has 4 heterocycles. The van der Waals surface area contributed by atoms with Crippen molar-refractivity contribution in [1.29, 1.82) is 0 Å². The minimum Gasteiger partial charge on any atom is -0.462 e. The minimum atomic E-state index is 0.752. The Balaban J connectivity index is 1.43. The summed E-state index contributed by atoms with van der Waals surface area (Å²) >= 11 is 4.90. The molecule has 0 saturated carbocycles. The molecule has 0 aliphatic heterocycles. The van der Waals surface area contributed by atoms with Crippen molar-refractivity contribution >= 4 is 49.6 Å². The SMILES string of the molecule is c1coc(-c2nc(CSc3nnc4sc5ccccc5n34)cs2)c1. The van der Waals surface area contributed by atoms with E-state index in [9.17, 15) is 0 Å². The Morgan fingerprint density at radius 1 is 1.12 bits per heavy atom. The van der Waals surface area contributed by atoms with Crippen molar-refractivity contribution in [2.75, 3.05) is 0 Å². The lowest BCUT2D eigenvalue weighted by molar-refractivity contribution is 0.581. The number of aromatic nitrogens is 4. The van der Waals surface area contributed by atoms with Crippen LogP contribution < -0.4 is 0 Å². The molecule has 118 valence electrons. The number of furan rings is 1. The first-order valence-electron chi connectivity index (χ1n) is 7.22. The molecule has 4 aromatic heterocycles. The van der Waals surface area contributed by atoms with Crippen molar-refractivity contribution < 1.29 is 4.42 Å². The third-order valence-electron chi connectivity index (χ3n) is 3.54. The summed E-state index contributed by atoms with van der Waals surface area (Å²) in [6.07, 6.45) is 1.67. The molecule has 5 aromatic rings. The van der Waals surface area contributed by atoms with E-state index in [2.05, 4.69) is 37.1 Å². The van der Waals surface area contributed by atoms with Gasteiger partial charge < -0.3 is 4.42 Å². The molecule has 0 bridgehead atoms. The summed E-state index contributed by atoms with van der Waals surface area (Å²) in [4.78, 5) is 5.56. The third-order valence-corrected chi connectivity index (χ3v) is 6.42. The molecule has 5 nitrogen and oxygen atoms in total. The van der Waals surface area contributed by atoms with E-state index < -0.39 is 0 Å². The van der Waals surface area contributed by atoms with Crippen molar-refractivity contribution in [3.8, 4) is 10.8 Å². The maximum Gasteiger partial charge on any atom is 0.217 e. The number of para-hydroxylation sites is 1. The zero-order valence-corrected chi connectivity index (χ0v) is 14.7. The van der Waals surface area contributed by atoms with Gasteiger partial charge >= 0.3 is 0 Å². The highest BCUT2D eigenvalue weighted by atomic mass is 32.2. The van der Waals surface area contributed by atoms with E-state index >= 15 is 0 Å². The van der Waals surface area contributed by atoms with E-state index in [1.807, 2.05) is 24.3 Å². The maximum atomic E-state index is 5.39. The fourth-order valence-corrected chi connectivity index (χ4v) is 5.23. The van der Waals surface area contributed by atoms with Crippen LogP contribution in [0.25, 0.3) is 25.9 Å². The van der Waals surface area contributed by atoms with Crippen LogP contribution in [0.3, 0.4) is 0 Å². The lowest BCUT2D eigenvalue weighted by Gasteiger charge is -1.97. The van der Waals surface area contributed by atoms with Crippen molar-refractivity contribution in [2.24, 2.45) is 0 Å². The smallest absolute Gasteiger partial charge is 0.217 e. The van der Waals surface area contributed by atoms with Crippen LogP contribution in [0.4, 0.5) is 0 Å². The van der Waals surface area contributed by atoms with Crippen molar-refractivity contribution in [3.63, 3.8) is 0 Å². The molecule has 5 rings (SSSR count). The van der Waals surface area contributed by atoms with Crippen molar-refractivity contribution in [3.05, 3.63) is 53.7 Å². The molecule has 1 aromatic carbocycles. The third kappa shape index (κ3) is 2.34. The van der Waals surface area contributed by atoms with E-state index in [1.165, 1.54) is 4.70 Å². The van der Waals surface area contributed by atoms with Gasteiger partial charge in [-0.05, 0) is 24.3 Å². The molecular weight excluding hydrogens is 360 g/mol. The number of benzene rings is 1. The van der Waals surface area contributed by atoms with E-state index in [-0.39, 0.29) is 0 Å². The van der Waals surface area contributed by atoms with Gasteiger partial charge in [0.2, 0.25) is 4.96 Å². The molecule has 0 saturated heterocycles. The largest absolute Gasteiger partial charge is 0.462 e. The number of nitrogens with zero attached hydrogens (tertiary/aromatic N) is 4. The summed E-state index contributed by atoms with van der Waals surface area (Å²) in [7, 11) is 0. The van der Waals surface area contributed by atoms with Gasteiger partial charge in [0.15, 0.2) is 15.9 Å². The fourth-order valence-electron chi connectivity index (χ4n) is 2.47. The molecule has 0 aliphatic rings. The summed E-state index contributed by atoms with van der Waals surface area (Å²) in [5, 5.41) is 12.5. The molecule has 0 atom stereocenters. The van der Waals surface area contributed by atoms with Gasteiger partial charge in [0, 0.05) is 11.1 Å². The average molecular weight is 370 g/mol. The first kappa shape index (κ1) is 14.2. The summed E-state index contributed by atoms with van der Waals surface area (Å²) in [6, 6.07) is 12.1. The minimum absolute atomic E-state index is 0.752. The summed E-state index contributed by atoms with van der Waals surface area (Å²) in [6.45, 7) is 0. The topological polar surface area (TPSA) is 56.2 Å². The number of thioether (sulfide) groups is 1. The molecule has 0 N–H and O–H groups in total. The van der Waals surface area contributed by atoms with Crippen LogP contribution in [-0.2, 0) is 5.75 Å². The highest BCUT2D eigenvalue weighted by molar-refractivity contribution is 7.98. The second kappa shape index (κ2) is 5.73. The lowest BCUT2D eigenvalue weighted by Crippen LogP contribution is -1.87. The second-order valence-corrected chi connectivity index (χ2v) is 7.89. The number of thiazole rings is 2. The summed E-state index contributed by atoms with van der Waals surface area (Å²) < 4.78 is 8.73. The van der Waals surface area contributed by atoms with E-state index in [0.717, 1.165) is 37.8 Å². The zero-order valence-electron chi connectivity index (χ0n) is 12.2.